The van der Waals surface area contributed by atoms with Gasteiger partial charge in [0.2, 0.25) is 5.91 Å². The topological polar surface area (TPSA) is 41.6 Å². The van der Waals surface area contributed by atoms with E-state index in [-0.39, 0.29) is 18.1 Å². The van der Waals surface area contributed by atoms with Gasteiger partial charge in [-0.05, 0) is 55.7 Å². The quantitative estimate of drug-likeness (QED) is 0.897. The Hall–Kier alpha value is -2.17. The molecule has 4 rings (SSSR count). The van der Waals surface area contributed by atoms with Crippen LogP contribution in [0, 0.1) is 0 Å². The first-order chi connectivity index (χ1) is 12.5. The summed E-state index contributed by atoms with van der Waals surface area (Å²) < 4.78 is 6.74. The number of hydrogen-bond donors (Lipinski definition) is 1. The lowest BCUT2D eigenvalue weighted by Gasteiger charge is -2.40. The Morgan fingerprint density at radius 2 is 1.69 bits per heavy atom. The molecular weight excluding hydrogens is 324 g/mol. The van der Waals surface area contributed by atoms with E-state index in [4.69, 9.17) is 4.74 Å². The normalized spacial score (nSPS) is 25.7. The lowest BCUT2D eigenvalue weighted by molar-refractivity contribution is -0.125. The van der Waals surface area contributed by atoms with Gasteiger partial charge in [0.15, 0.2) is 0 Å². The van der Waals surface area contributed by atoms with Gasteiger partial charge >= 0.3 is 0 Å². The van der Waals surface area contributed by atoms with Gasteiger partial charge in [-0.2, -0.15) is 0 Å². The van der Waals surface area contributed by atoms with Crippen LogP contribution in [0.15, 0.2) is 48.5 Å². The number of benzene rings is 2. The zero-order chi connectivity index (χ0) is 18.3. The summed E-state index contributed by atoms with van der Waals surface area (Å²) in [4.78, 5) is 14.1. The van der Waals surface area contributed by atoms with Gasteiger partial charge in [0.25, 0.3) is 0 Å². The molecule has 2 bridgehead atoms. The number of nitrogens with zero attached hydrogens (tertiary/aromatic N) is 1. The molecule has 3 atom stereocenters. The second-order valence-electron chi connectivity index (χ2n) is 7.62. The summed E-state index contributed by atoms with van der Waals surface area (Å²) in [5.41, 5.74) is 4.41. The SMILES string of the molecule is CC(=O)NC1c2ccccc2C2(CCCN(C)C)OC1c1ccccc12. The number of carbonyl (C=O) groups excluding carboxylic acids is 1. The fourth-order valence-corrected chi connectivity index (χ4v) is 4.56. The number of ether oxygens (including phenoxy) is 1. The lowest BCUT2D eigenvalue weighted by Crippen LogP contribution is -2.40. The van der Waals surface area contributed by atoms with Gasteiger partial charge in [0, 0.05) is 6.92 Å². The summed E-state index contributed by atoms with van der Waals surface area (Å²) in [6.45, 7) is 2.59. The largest absolute Gasteiger partial charge is 0.355 e. The summed E-state index contributed by atoms with van der Waals surface area (Å²) in [5.74, 6) is -0.0297. The molecule has 0 saturated carbocycles. The third-order valence-electron chi connectivity index (χ3n) is 5.56. The van der Waals surface area contributed by atoms with Crippen LogP contribution in [0.4, 0.5) is 0 Å². The van der Waals surface area contributed by atoms with E-state index in [1.54, 1.807) is 6.92 Å². The van der Waals surface area contributed by atoms with E-state index in [9.17, 15) is 4.79 Å². The summed E-state index contributed by atoms with van der Waals surface area (Å²) in [5, 5.41) is 3.13. The van der Waals surface area contributed by atoms with Crippen LogP contribution in [0.2, 0.25) is 0 Å². The maximum Gasteiger partial charge on any atom is 0.217 e. The van der Waals surface area contributed by atoms with Crippen molar-refractivity contribution >= 4 is 5.91 Å². The number of nitrogens with one attached hydrogen (secondary N) is 1. The smallest absolute Gasteiger partial charge is 0.217 e. The zero-order valence-electron chi connectivity index (χ0n) is 15.7. The molecule has 1 amide bonds. The molecule has 26 heavy (non-hydrogen) atoms. The average Bonchev–Trinajstić information content (AvgIpc) is 2.91. The number of rotatable bonds is 5. The van der Waals surface area contributed by atoms with Gasteiger partial charge in [-0.1, -0.05) is 48.5 Å². The highest BCUT2D eigenvalue weighted by Crippen LogP contribution is 2.59. The molecule has 0 aliphatic carbocycles. The Bertz CT molecular complexity index is 832. The highest BCUT2D eigenvalue weighted by atomic mass is 16.5. The van der Waals surface area contributed by atoms with Crippen molar-refractivity contribution in [2.75, 3.05) is 20.6 Å². The summed E-state index contributed by atoms with van der Waals surface area (Å²) >= 11 is 0. The van der Waals surface area contributed by atoms with Gasteiger partial charge < -0.3 is 15.0 Å². The first-order valence-corrected chi connectivity index (χ1v) is 9.31. The van der Waals surface area contributed by atoms with E-state index in [0.717, 1.165) is 19.4 Å². The summed E-state index contributed by atoms with van der Waals surface area (Å²) in [6, 6.07) is 16.8. The molecule has 2 aliphatic rings. The van der Waals surface area contributed by atoms with E-state index in [0.29, 0.717) is 0 Å². The van der Waals surface area contributed by atoms with Gasteiger partial charge in [-0.15, -0.1) is 0 Å². The van der Waals surface area contributed by atoms with Crippen LogP contribution in [0.3, 0.4) is 0 Å². The first kappa shape index (κ1) is 17.3. The number of hydrogen-bond acceptors (Lipinski definition) is 3. The van der Waals surface area contributed by atoms with Gasteiger partial charge in [0.1, 0.15) is 11.7 Å². The van der Waals surface area contributed by atoms with E-state index in [1.165, 1.54) is 22.3 Å². The van der Waals surface area contributed by atoms with Crippen LogP contribution in [-0.2, 0) is 15.1 Å². The first-order valence-electron chi connectivity index (χ1n) is 9.31. The highest BCUT2D eigenvalue weighted by Gasteiger charge is 2.53. The molecule has 0 saturated heterocycles. The highest BCUT2D eigenvalue weighted by molar-refractivity contribution is 5.74. The van der Waals surface area contributed by atoms with Crippen LogP contribution >= 0.6 is 0 Å². The molecule has 4 nitrogen and oxygen atoms in total. The number of carbonyl (C=O) groups is 1. The maximum atomic E-state index is 11.9. The average molecular weight is 350 g/mol. The van der Waals surface area contributed by atoms with Crippen LogP contribution < -0.4 is 5.32 Å². The van der Waals surface area contributed by atoms with Crippen LogP contribution in [0.1, 0.15) is 54.2 Å². The van der Waals surface area contributed by atoms with Crippen molar-refractivity contribution in [3.63, 3.8) is 0 Å². The predicted molar refractivity (Wildman–Crippen MR) is 102 cm³/mol. The Balaban J connectivity index is 1.85. The van der Waals surface area contributed by atoms with Crippen molar-refractivity contribution in [3.8, 4) is 0 Å². The molecule has 0 radical (unpaired) electrons. The molecule has 0 spiro atoms. The Morgan fingerprint density at radius 1 is 1.08 bits per heavy atom. The van der Waals surface area contributed by atoms with Gasteiger partial charge in [0.05, 0.1) is 6.04 Å². The monoisotopic (exact) mass is 350 g/mol. The third kappa shape index (κ3) is 2.65. The minimum atomic E-state index is -0.414. The van der Waals surface area contributed by atoms with Crippen molar-refractivity contribution in [2.24, 2.45) is 0 Å². The van der Waals surface area contributed by atoms with Crippen molar-refractivity contribution in [2.45, 2.75) is 37.5 Å². The minimum absolute atomic E-state index is 0.0297. The molecule has 1 N–H and O–H groups in total. The van der Waals surface area contributed by atoms with Crippen LogP contribution in [-0.4, -0.2) is 31.4 Å². The van der Waals surface area contributed by atoms with Crippen molar-refractivity contribution in [3.05, 3.63) is 70.8 Å². The maximum absolute atomic E-state index is 11.9. The standard InChI is InChI=1S/C22H26N2O2/c1-15(25)23-20-16-9-4-6-11-18(16)22(13-8-14-24(2)3)19-12-7-5-10-17(19)21(20)26-22/h4-7,9-12,20-21H,8,13-14H2,1-3H3,(H,23,25). The summed E-state index contributed by atoms with van der Waals surface area (Å²) in [7, 11) is 4.21. The van der Waals surface area contributed by atoms with Crippen LogP contribution in [0.25, 0.3) is 0 Å². The second-order valence-corrected chi connectivity index (χ2v) is 7.62. The van der Waals surface area contributed by atoms with E-state index in [2.05, 4.69) is 72.8 Å². The lowest BCUT2D eigenvalue weighted by atomic mass is 9.79. The van der Waals surface area contributed by atoms with Gasteiger partial charge in [-0.3, -0.25) is 4.79 Å². The second kappa shape index (κ2) is 6.53. The Labute approximate surface area is 155 Å². The molecule has 0 fully saturated rings. The molecule has 2 heterocycles. The fourth-order valence-electron chi connectivity index (χ4n) is 4.56. The third-order valence-corrected chi connectivity index (χ3v) is 5.56. The molecule has 3 unspecified atom stereocenters. The predicted octanol–water partition coefficient (Wildman–Crippen LogP) is 3.53. The van der Waals surface area contributed by atoms with Crippen molar-refractivity contribution in [1.29, 1.82) is 0 Å². The van der Waals surface area contributed by atoms with E-state index in [1.807, 2.05) is 0 Å². The fraction of sp³-hybridized carbons (Fsp3) is 0.409. The van der Waals surface area contributed by atoms with Crippen molar-refractivity contribution < 1.29 is 9.53 Å². The number of amides is 1. The summed E-state index contributed by atoms with van der Waals surface area (Å²) in [6.07, 6.45) is 1.85. The minimum Gasteiger partial charge on any atom is -0.355 e. The molecule has 4 heteroatoms. The van der Waals surface area contributed by atoms with Crippen molar-refractivity contribution in [1.82, 2.24) is 10.2 Å². The van der Waals surface area contributed by atoms with E-state index >= 15 is 0 Å². The molecule has 2 aromatic rings. The molecule has 0 aromatic heterocycles. The van der Waals surface area contributed by atoms with E-state index < -0.39 is 5.60 Å². The molecule has 2 aliphatic heterocycles. The Morgan fingerprint density at radius 3 is 2.35 bits per heavy atom. The molecule has 136 valence electrons. The van der Waals surface area contributed by atoms with Crippen LogP contribution in [0.5, 0.6) is 0 Å². The van der Waals surface area contributed by atoms with Gasteiger partial charge in [-0.25, -0.2) is 0 Å². The number of fused-ring (bicyclic) bond motifs is 7. The Kier molecular flexibility index (Phi) is 4.33. The molecular formula is C22H26N2O2. The molecule has 2 aromatic carbocycles. The zero-order valence-corrected chi connectivity index (χ0v) is 15.7.